The maximum atomic E-state index is 13.8. The Morgan fingerprint density at radius 1 is 1.14 bits per heavy atom. The van der Waals surface area contributed by atoms with E-state index in [2.05, 4.69) is 5.10 Å². The summed E-state index contributed by atoms with van der Waals surface area (Å²) in [5.74, 6) is -0.301. The van der Waals surface area contributed by atoms with Crippen LogP contribution in [0, 0.1) is 12.7 Å². The fourth-order valence-electron chi connectivity index (χ4n) is 2.24. The van der Waals surface area contributed by atoms with Crippen LogP contribution in [0.3, 0.4) is 0 Å². The van der Waals surface area contributed by atoms with Gasteiger partial charge in [-0.05, 0) is 30.7 Å². The zero-order valence-corrected chi connectivity index (χ0v) is 11.5. The van der Waals surface area contributed by atoms with Gasteiger partial charge in [0.2, 0.25) is 0 Å². The van der Waals surface area contributed by atoms with Crippen LogP contribution in [0.1, 0.15) is 15.9 Å². The number of benzene rings is 2. The molecule has 0 radical (unpaired) electrons. The molecule has 0 saturated carbocycles. The van der Waals surface area contributed by atoms with Crippen LogP contribution in [0.5, 0.6) is 0 Å². The van der Waals surface area contributed by atoms with Crippen molar-refractivity contribution in [3.05, 3.63) is 71.7 Å². The van der Waals surface area contributed by atoms with Crippen molar-refractivity contribution >= 4 is 6.29 Å². The van der Waals surface area contributed by atoms with Crippen LogP contribution in [-0.2, 0) is 0 Å². The highest BCUT2D eigenvalue weighted by Gasteiger charge is 2.15. The molecule has 3 aromatic rings. The molecule has 0 aliphatic carbocycles. The summed E-state index contributed by atoms with van der Waals surface area (Å²) in [5, 5.41) is 4.25. The molecule has 104 valence electrons. The molecule has 1 heterocycles. The maximum absolute atomic E-state index is 13.8. The average molecular weight is 280 g/mol. The number of para-hydroxylation sites is 1. The van der Waals surface area contributed by atoms with Crippen LogP contribution >= 0.6 is 0 Å². The molecule has 0 N–H and O–H groups in total. The first-order valence-corrected chi connectivity index (χ1v) is 6.56. The van der Waals surface area contributed by atoms with Gasteiger partial charge in [-0.25, -0.2) is 9.07 Å². The molecule has 1 aromatic heterocycles. The normalized spacial score (nSPS) is 10.6. The van der Waals surface area contributed by atoms with E-state index in [1.807, 2.05) is 30.3 Å². The summed E-state index contributed by atoms with van der Waals surface area (Å²) in [5.41, 5.74) is 3.04. The van der Waals surface area contributed by atoms with E-state index in [0.29, 0.717) is 22.4 Å². The molecular formula is C17H13FN2O. The Labute approximate surface area is 121 Å². The van der Waals surface area contributed by atoms with E-state index in [0.717, 1.165) is 12.0 Å². The molecule has 21 heavy (non-hydrogen) atoms. The zero-order chi connectivity index (χ0) is 14.8. The van der Waals surface area contributed by atoms with E-state index in [1.54, 1.807) is 23.7 Å². The summed E-state index contributed by atoms with van der Waals surface area (Å²) in [6.45, 7) is 1.70. The molecular weight excluding hydrogens is 267 g/mol. The fourth-order valence-corrected chi connectivity index (χ4v) is 2.24. The van der Waals surface area contributed by atoms with E-state index >= 15 is 0 Å². The van der Waals surface area contributed by atoms with Gasteiger partial charge in [-0.15, -0.1) is 0 Å². The van der Waals surface area contributed by atoms with E-state index in [9.17, 15) is 9.18 Å². The van der Waals surface area contributed by atoms with Gasteiger partial charge in [0.25, 0.3) is 0 Å². The number of aldehydes is 1. The van der Waals surface area contributed by atoms with E-state index < -0.39 is 0 Å². The molecule has 0 aliphatic rings. The number of halogens is 1. The third-order valence-electron chi connectivity index (χ3n) is 3.37. The Morgan fingerprint density at radius 2 is 1.90 bits per heavy atom. The summed E-state index contributed by atoms with van der Waals surface area (Å²) in [6, 6.07) is 14.4. The molecule has 0 saturated heterocycles. The lowest BCUT2D eigenvalue weighted by Gasteiger charge is -2.09. The minimum Gasteiger partial charge on any atom is -0.298 e. The van der Waals surface area contributed by atoms with Gasteiger partial charge in [-0.2, -0.15) is 5.10 Å². The van der Waals surface area contributed by atoms with Crippen molar-refractivity contribution in [1.82, 2.24) is 9.78 Å². The number of aryl methyl sites for hydroxylation is 1. The largest absolute Gasteiger partial charge is 0.298 e. The molecule has 3 rings (SSSR count). The van der Waals surface area contributed by atoms with Crippen molar-refractivity contribution in [1.29, 1.82) is 0 Å². The van der Waals surface area contributed by atoms with Gasteiger partial charge in [0.05, 0.1) is 23.1 Å². The van der Waals surface area contributed by atoms with Crippen molar-refractivity contribution in [3.63, 3.8) is 0 Å². The van der Waals surface area contributed by atoms with Gasteiger partial charge in [-0.3, -0.25) is 4.79 Å². The summed E-state index contributed by atoms with van der Waals surface area (Å²) in [4.78, 5) is 11.3. The fraction of sp³-hybridized carbons (Fsp3) is 0.0588. The highest BCUT2D eigenvalue weighted by atomic mass is 19.1. The lowest BCUT2D eigenvalue weighted by molar-refractivity contribution is 0.112. The molecule has 0 fully saturated rings. The summed E-state index contributed by atoms with van der Waals surface area (Å²) < 4.78 is 15.5. The molecule has 0 unspecified atom stereocenters. The minimum atomic E-state index is -0.301. The number of hydrogen-bond acceptors (Lipinski definition) is 2. The molecule has 0 amide bonds. The topological polar surface area (TPSA) is 34.9 Å². The Hall–Kier alpha value is -2.75. The van der Waals surface area contributed by atoms with Gasteiger partial charge >= 0.3 is 0 Å². The quantitative estimate of drug-likeness (QED) is 0.684. The lowest BCUT2D eigenvalue weighted by atomic mass is 10.1. The first kappa shape index (κ1) is 13.2. The van der Waals surface area contributed by atoms with Gasteiger partial charge in [0.15, 0.2) is 6.29 Å². The second-order valence-electron chi connectivity index (χ2n) is 4.78. The number of aromatic nitrogens is 2. The molecule has 4 heteroatoms. The highest BCUT2D eigenvalue weighted by Crippen LogP contribution is 2.27. The number of carbonyl (C=O) groups is 1. The van der Waals surface area contributed by atoms with Gasteiger partial charge in [0, 0.05) is 5.56 Å². The summed E-state index contributed by atoms with van der Waals surface area (Å²) in [6.07, 6.45) is 2.23. The summed E-state index contributed by atoms with van der Waals surface area (Å²) >= 11 is 0. The lowest BCUT2D eigenvalue weighted by Crippen LogP contribution is -2.00. The number of carbonyl (C=O) groups excluding carboxylic acids is 1. The Morgan fingerprint density at radius 3 is 2.57 bits per heavy atom. The van der Waals surface area contributed by atoms with Crippen molar-refractivity contribution in [3.8, 4) is 16.9 Å². The number of rotatable bonds is 3. The van der Waals surface area contributed by atoms with Gasteiger partial charge in [0.1, 0.15) is 5.82 Å². The zero-order valence-electron chi connectivity index (χ0n) is 11.5. The molecule has 0 atom stereocenters. The average Bonchev–Trinajstić information content (AvgIpc) is 2.95. The first-order valence-electron chi connectivity index (χ1n) is 6.56. The smallest absolute Gasteiger partial charge is 0.153 e. The second-order valence-corrected chi connectivity index (χ2v) is 4.78. The summed E-state index contributed by atoms with van der Waals surface area (Å²) in [7, 11) is 0. The van der Waals surface area contributed by atoms with E-state index in [1.165, 1.54) is 12.3 Å². The Kier molecular flexibility index (Phi) is 3.36. The predicted molar refractivity (Wildman–Crippen MR) is 79.1 cm³/mol. The van der Waals surface area contributed by atoms with Gasteiger partial charge < -0.3 is 0 Å². The standard InChI is InChI=1S/C17H13FN2O/c1-12-7-8-13(9-16(12)18)17-14(11-21)10-19-20(17)15-5-3-2-4-6-15/h2-11H,1H3. The molecule has 0 bridgehead atoms. The maximum Gasteiger partial charge on any atom is 0.153 e. The van der Waals surface area contributed by atoms with Crippen LogP contribution in [0.15, 0.2) is 54.7 Å². The predicted octanol–water partition coefficient (Wildman–Crippen LogP) is 3.80. The van der Waals surface area contributed by atoms with Crippen molar-refractivity contribution in [2.24, 2.45) is 0 Å². The van der Waals surface area contributed by atoms with Crippen LogP contribution in [0.2, 0.25) is 0 Å². The van der Waals surface area contributed by atoms with Crippen molar-refractivity contribution in [2.75, 3.05) is 0 Å². The number of nitrogens with zero attached hydrogens (tertiary/aromatic N) is 2. The third-order valence-corrected chi connectivity index (χ3v) is 3.37. The van der Waals surface area contributed by atoms with E-state index in [-0.39, 0.29) is 5.82 Å². The van der Waals surface area contributed by atoms with Crippen molar-refractivity contribution < 1.29 is 9.18 Å². The molecule has 2 aromatic carbocycles. The SMILES string of the molecule is Cc1ccc(-c2c(C=O)cnn2-c2ccccc2)cc1F. The minimum absolute atomic E-state index is 0.301. The van der Waals surface area contributed by atoms with Crippen LogP contribution < -0.4 is 0 Å². The second kappa shape index (κ2) is 5.32. The molecule has 3 nitrogen and oxygen atoms in total. The molecule has 0 spiro atoms. The van der Waals surface area contributed by atoms with Crippen LogP contribution in [0.4, 0.5) is 4.39 Å². The van der Waals surface area contributed by atoms with Crippen LogP contribution in [-0.4, -0.2) is 16.1 Å². The highest BCUT2D eigenvalue weighted by molar-refractivity contribution is 5.86. The van der Waals surface area contributed by atoms with Crippen LogP contribution in [0.25, 0.3) is 16.9 Å². The van der Waals surface area contributed by atoms with Gasteiger partial charge in [-0.1, -0.05) is 30.3 Å². The Bertz CT molecular complexity index is 794. The number of hydrogen-bond donors (Lipinski definition) is 0. The molecule has 0 aliphatic heterocycles. The first-order chi connectivity index (χ1) is 10.2. The Balaban J connectivity index is 2.23. The monoisotopic (exact) mass is 280 g/mol. The van der Waals surface area contributed by atoms with E-state index in [4.69, 9.17) is 0 Å². The van der Waals surface area contributed by atoms with Crippen molar-refractivity contribution in [2.45, 2.75) is 6.92 Å². The third kappa shape index (κ3) is 2.36.